The highest BCUT2D eigenvalue weighted by Gasteiger charge is 2.14. The fourth-order valence-corrected chi connectivity index (χ4v) is 2.17. The van der Waals surface area contributed by atoms with Crippen LogP contribution in [0.25, 0.3) is 0 Å². The molecule has 6 nitrogen and oxygen atoms in total. The number of carbonyl (C=O) groups is 1. The van der Waals surface area contributed by atoms with Crippen molar-refractivity contribution in [1.82, 2.24) is 20.1 Å². The van der Waals surface area contributed by atoms with Crippen LogP contribution in [0.15, 0.2) is 67.3 Å². The Hall–Kier alpha value is -3.15. The van der Waals surface area contributed by atoms with Crippen LogP contribution < -0.4 is 10.1 Å². The van der Waals surface area contributed by atoms with E-state index in [1.165, 1.54) is 17.3 Å². The summed E-state index contributed by atoms with van der Waals surface area (Å²) in [5, 5.41) is 6.86. The molecule has 1 amide bonds. The summed E-state index contributed by atoms with van der Waals surface area (Å²) in [6, 6.07) is 16.8. The first-order chi connectivity index (χ1) is 11.7. The molecule has 1 aromatic heterocycles. The summed E-state index contributed by atoms with van der Waals surface area (Å²) in [7, 11) is 0. The zero-order chi connectivity index (χ0) is 16.8. The monoisotopic (exact) mass is 322 g/mol. The van der Waals surface area contributed by atoms with Gasteiger partial charge < -0.3 is 10.1 Å². The molecule has 1 atom stereocenters. The molecule has 0 aliphatic rings. The number of carbonyl (C=O) groups excluding carboxylic acids is 1. The molecule has 6 heteroatoms. The van der Waals surface area contributed by atoms with Gasteiger partial charge in [-0.2, -0.15) is 5.10 Å². The predicted molar refractivity (Wildman–Crippen MR) is 89.5 cm³/mol. The van der Waals surface area contributed by atoms with E-state index in [0.29, 0.717) is 6.54 Å². The Morgan fingerprint density at radius 1 is 1.12 bits per heavy atom. The fourth-order valence-electron chi connectivity index (χ4n) is 2.17. The van der Waals surface area contributed by atoms with Crippen LogP contribution in [-0.2, 0) is 11.3 Å². The number of amides is 1. The fraction of sp³-hybridized carbons (Fsp3) is 0.167. The largest absolute Gasteiger partial charge is 0.457 e. The highest BCUT2D eigenvalue weighted by atomic mass is 16.5. The maximum Gasteiger partial charge on any atom is 0.244 e. The summed E-state index contributed by atoms with van der Waals surface area (Å²) in [5.74, 6) is 1.44. The van der Waals surface area contributed by atoms with Gasteiger partial charge in [0.2, 0.25) is 5.91 Å². The average Bonchev–Trinajstić information content (AvgIpc) is 3.16. The van der Waals surface area contributed by atoms with Crippen molar-refractivity contribution >= 4 is 5.91 Å². The molecular weight excluding hydrogens is 304 g/mol. The number of benzene rings is 2. The van der Waals surface area contributed by atoms with Crippen LogP contribution in [-0.4, -0.2) is 20.7 Å². The molecule has 0 fully saturated rings. The lowest BCUT2D eigenvalue weighted by molar-refractivity contribution is -0.124. The smallest absolute Gasteiger partial charge is 0.244 e. The first-order valence-corrected chi connectivity index (χ1v) is 7.66. The summed E-state index contributed by atoms with van der Waals surface area (Å²) < 4.78 is 7.26. The first-order valence-electron chi connectivity index (χ1n) is 7.66. The van der Waals surface area contributed by atoms with Gasteiger partial charge in [-0.15, -0.1) is 0 Å². The van der Waals surface area contributed by atoms with Gasteiger partial charge in [0.1, 0.15) is 30.2 Å². The van der Waals surface area contributed by atoms with E-state index in [0.717, 1.165) is 17.1 Å². The van der Waals surface area contributed by atoms with Gasteiger partial charge in [-0.1, -0.05) is 30.3 Å². The van der Waals surface area contributed by atoms with Gasteiger partial charge in [-0.05, 0) is 36.8 Å². The summed E-state index contributed by atoms with van der Waals surface area (Å²) in [6.45, 7) is 2.23. The Morgan fingerprint density at radius 3 is 2.50 bits per heavy atom. The lowest BCUT2D eigenvalue weighted by atomic mass is 10.2. The third-order valence-corrected chi connectivity index (χ3v) is 3.58. The van der Waals surface area contributed by atoms with E-state index < -0.39 is 6.04 Å². The molecule has 0 radical (unpaired) electrons. The minimum absolute atomic E-state index is 0.106. The molecule has 0 aliphatic carbocycles. The SMILES string of the molecule is C[C@@H](C(=O)NCc1ccc(Oc2ccccc2)cc1)n1cncn1. The lowest BCUT2D eigenvalue weighted by Gasteiger charge is -2.12. The maximum absolute atomic E-state index is 12.1. The molecule has 0 aliphatic heterocycles. The third-order valence-electron chi connectivity index (χ3n) is 3.58. The van der Waals surface area contributed by atoms with Crippen molar-refractivity contribution in [2.75, 3.05) is 0 Å². The summed E-state index contributed by atoms with van der Waals surface area (Å²) in [4.78, 5) is 15.9. The van der Waals surface area contributed by atoms with Crippen LogP contribution in [0.4, 0.5) is 0 Å². The Labute approximate surface area is 140 Å². The van der Waals surface area contributed by atoms with E-state index in [9.17, 15) is 4.79 Å². The number of nitrogens with zero attached hydrogens (tertiary/aromatic N) is 3. The molecule has 3 rings (SSSR count). The third kappa shape index (κ3) is 3.98. The van der Waals surface area contributed by atoms with E-state index in [1.54, 1.807) is 6.92 Å². The number of ether oxygens (including phenoxy) is 1. The van der Waals surface area contributed by atoms with Gasteiger partial charge in [-0.3, -0.25) is 4.79 Å². The Bertz CT molecular complexity index is 771. The van der Waals surface area contributed by atoms with Gasteiger partial charge >= 0.3 is 0 Å². The van der Waals surface area contributed by atoms with Crippen LogP contribution >= 0.6 is 0 Å². The minimum Gasteiger partial charge on any atom is -0.457 e. The molecule has 1 N–H and O–H groups in total. The first kappa shape index (κ1) is 15.7. The average molecular weight is 322 g/mol. The Kier molecular flexibility index (Phi) is 4.86. The second kappa shape index (κ2) is 7.41. The van der Waals surface area contributed by atoms with Crippen LogP contribution in [0.2, 0.25) is 0 Å². The molecule has 0 saturated carbocycles. The molecule has 1 heterocycles. The maximum atomic E-state index is 12.1. The van der Waals surface area contributed by atoms with E-state index in [1.807, 2.05) is 54.6 Å². The summed E-state index contributed by atoms with van der Waals surface area (Å²) in [5.41, 5.74) is 0.995. The van der Waals surface area contributed by atoms with Crippen molar-refractivity contribution in [2.24, 2.45) is 0 Å². The second-order valence-corrected chi connectivity index (χ2v) is 5.33. The molecule has 0 spiro atoms. The predicted octanol–water partition coefficient (Wildman–Crippen LogP) is 2.95. The molecule has 0 bridgehead atoms. The number of hydrogen-bond acceptors (Lipinski definition) is 4. The van der Waals surface area contributed by atoms with Crippen molar-refractivity contribution in [1.29, 1.82) is 0 Å². The van der Waals surface area contributed by atoms with Gasteiger partial charge in [0, 0.05) is 6.54 Å². The van der Waals surface area contributed by atoms with Crippen molar-refractivity contribution in [2.45, 2.75) is 19.5 Å². The number of aromatic nitrogens is 3. The topological polar surface area (TPSA) is 69.0 Å². The lowest BCUT2D eigenvalue weighted by Crippen LogP contribution is -2.30. The molecule has 0 saturated heterocycles. The van der Waals surface area contributed by atoms with Crippen molar-refractivity contribution < 1.29 is 9.53 Å². The summed E-state index contributed by atoms with van der Waals surface area (Å²) >= 11 is 0. The zero-order valence-electron chi connectivity index (χ0n) is 13.3. The van der Waals surface area contributed by atoms with E-state index in [2.05, 4.69) is 15.4 Å². The van der Waals surface area contributed by atoms with Gasteiger partial charge in [0.05, 0.1) is 0 Å². The van der Waals surface area contributed by atoms with Crippen LogP contribution in [0, 0.1) is 0 Å². The van der Waals surface area contributed by atoms with Gasteiger partial charge in [-0.25, -0.2) is 9.67 Å². The van der Waals surface area contributed by atoms with Gasteiger partial charge in [0.15, 0.2) is 0 Å². The highest BCUT2D eigenvalue weighted by molar-refractivity contribution is 5.79. The van der Waals surface area contributed by atoms with Crippen LogP contribution in [0.3, 0.4) is 0 Å². The van der Waals surface area contributed by atoms with E-state index in [-0.39, 0.29) is 5.91 Å². The Balaban J connectivity index is 1.54. The normalized spacial score (nSPS) is 11.7. The highest BCUT2D eigenvalue weighted by Crippen LogP contribution is 2.21. The number of nitrogens with one attached hydrogen (secondary N) is 1. The zero-order valence-corrected chi connectivity index (χ0v) is 13.3. The van der Waals surface area contributed by atoms with E-state index >= 15 is 0 Å². The standard InChI is InChI=1S/C18H18N4O2/c1-14(22-13-19-12-21-22)18(23)20-11-15-7-9-17(10-8-15)24-16-5-3-2-4-6-16/h2-10,12-14H,11H2,1H3,(H,20,23)/t14-/m0/s1. The molecule has 0 unspecified atom stereocenters. The number of para-hydroxylation sites is 1. The second-order valence-electron chi connectivity index (χ2n) is 5.33. The van der Waals surface area contributed by atoms with Crippen molar-refractivity contribution in [3.05, 3.63) is 72.8 Å². The van der Waals surface area contributed by atoms with Crippen LogP contribution in [0.1, 0.15) is 18.5 Å². The quantitative estimate of drug-likeness (QED) is 0.757. The number of rotatable bonds is 6. The molecule has 2 aromatic carbocycles. The van der Waals surface area contributed by atoms with E-state index in [4.69, 9.17) is 4.74 Å². The molecule has 3 aromatic rings. The minimum atomic E-state index is -0.395. The molecular formula is C18H18N4O2. The Morgan fingerprint density at radius 2 is 1.83 bits per heavy atom. The van der Waals surface area contributed by atoms with Crippen molar-refractivity contribution in [3.63, 3.8) is 0 Å². The molecule has 24 heavy (non-hydrogen) atoms. The van der Waals surface area contributed by atoms with Crippen molar-refractivity contribution in [3.8, 4) is 11.5 Å². The number of hydrogen-bond donors (Lipinski definition) is 1. The van der Waals surface area contributed by atoms with Crippen LogP contribution in [0.5, 0.6) is 11.5 Å². The van der Waals surface area contributed by atoms with Gasteiger partial charge in [0.25, 0.3) is 0 Å². The molecule has 122 valence electrons. The summed E-state index contributed by atoms with van der Waals surface area (Å²) in [6.07, 6.45) is 2.94.